The molecule has 0 saturated carbocycles. The Morgan fingerprint density at radius 1 is 0.806 bits per heavy atom. The second-order valence-electron chi connectivity index (χ2n) is 6.82. The highest BCUT2D eigenvalue weighted by molar-refractivity contribution is 5.91. The Hall–Kier alpha value is -3.80. The highest BCUT2D eigenvalue weighted by atomic mass is 16.5. The van der Waals surface area contributed by atoms with Crippen molar-refractivity contribution in [2.75, 3.05) is 20.3 Å². The molecule has 0 radical (unpaired) electrons. The molecule has 1 N–H and O–H groups in total. The third-order valence-corrected chi connectivity index (χ3v) is 4.57. The Balaban J connectivity index is 1.36. The minimum absolute atomic E-state index is 0.326. The van der Waals surface area contributed by atoms with E-state index in [2.05, 4.69) is 5.32 Å². The molecular weight excluding hydrogens is 394 g/mol. The molecule has 6 nitrogen and oxygen atoms in total. The van der Waals surface area contributed by atoms with Crippen molar-refractivity contribution >= 4 is 11.9 Å². The monoisotopic (exact) mass is 419 g/mol. The minimum atomic E-state index is -0.556. The zero-order valence-electron chi connectivity index (χ0n) is 17.4. The van der Waals surface area contributed by atoms with Gasteiger partial charge in [-0.25, -0.2) is 4.79 Å². The van der Waals surface area contributed by atoms with Crippen molar-refractivity contribution in [3.05, 3.63) is 95.6 Å². The van der Waals surface area contributed by atoms with Gasteiger partial charge in [-0.2, -0.15) is 0 Å². The number of benzene rings is 3. The fourth-order valence-corrected chi connectivity index (χ4v) is 2.83. The van der Waals surface area contributed by atoms with Crippen LogP contribution in [0.3, 0.4) is 0 Å². The van der Waals surface area contributed by atoms with E-state index >= 15 is 0 Å². The first kappa shape index (κ1) is 21.9. The molecule has 0 heterocycles. The van der Waals surface area contributed by atoms with E-state index in [-0.39, 0.29) is 12.5 Å². The van der Waals surface area contributed by atoms with Crippen molar-refractivity contribution in [3.63, 3.8) is 0 Å². The Labute approximate surface area is 181 Å². The maximum atomic E-state index is 12.1. The van der Waals surface area contributed by atoms with Crippen molar-refractivity contribution in [1.29, 1.82) is 0 Å². The highest BCUT2D eigenvalue weighted by Crippen LogP contribution is 2.15. The number of ether oxygens (including phenoxy) is 3. The molecule has 3 rings (SSSR count). The Morgan fingerprint density at radius 3 is 2.16 bits per heavy atom. The van der Waals surface area contributed by atoms with Crippen LogP contribution in [0.15, 0.2) is 78.9 Å². The van der Waals surface area contributed by atoms with Gasteiger partial charge in [0.05, 0.1) is 12.7 Å². The normalized spacial score (nSPS) is 10.2. The van der Waals surface area contributed by atoms with Gasteiger partial charge < -0.3 is 19.5 Å². The van der Waals surface area contributed by atoms with Gasteiger partial charge in [0.1, 0.15) is 18.1 Å². The molecule has 160 valence electrons. The molecule has 0 spiro atoms. The fraction of sp³-hybridized carbons (Fsp3) is 0.200. The average molecular weight is 419 g/mol. The van der Waals surface area contributed by atoms with E-state index < -0.39 is 5.97 Å². The van der Waals surface area contributed by atoms with Gasteiger partial charge in [-0.3, -0.25) is 4.79 Å². The van der Waals surface area contributed by atoms with Gasteiger partial charge in [-0.15, -0.1) is 0 Å². The molecule has 0 aromatic heterocycles. The number of amides is 1. The van der Waals surface area contributed by atoms with Crippen LogP contribution in [-0.2, 0) is 22.6 Å². The van der Waals surface area contributed by atoms with Crippen LogP contribution < -0.4 is 14.8 Å². The van der Waals surface area contributed by atoms with Crippen LogP contribution in [0.2, 0.25) is 0 Å². The molecule has 0 aliphatic rings. The van der Waals surface area contributed by atoms with Gasteiger partial charge >= 0.3 is 5.97 Å². The summed E-state index contributed by atoms with van der Waals surface area (Å²) in [7, 11) is 1.62. The molecule has 1 amide bonds. The maximum absolute atomic E-state index is 12.1. The van der Waals surface area contributed by atoms with Crippen molar-refractivity contribution in [2.45, 2.75) is 13.0 Å². The number of methoxy groups -OCH3 is 1. The third kappa shape index (κ3) is 7.19. The van der Waals surface area contributed by atoms with Crippen LogP contribution in [0, 0.1) is 0 Å². The first-order valence-corrected chi connectivity index (χ1v) is 9.97. The summed E-state index contributed by atoms with van der Waals surface area (Å²) < 4.78 is 15.9. The summed E-state index contributed by atoms with van der Waals surface area (Å²) in [4.78, 5) is 24.1. The molecule has 0 unspecified atom stereocenters. The topological polar surface area (TPSA) is 73.9 Å². The summed E-state index contributed by atoms with van der Waals surface area (Å²) in [5.41, 5.74) is 2.50. The van der Waals surface area contributed by atoms with Gasteiger partial charge in [0.25, 0.3) is 5.91 Å². The number of carbonyl (C=O) groups excluding carboxylic acids is 2. The predicted octanol–water partition coefficient (Wildman–Crippen LogP) is 3.79. The number of hydrogen-bond acceptors (Lipinski definition) is 5. The Kier molecular flexibility index (Phi) is 8.05. The molecule has 3 aromatic rings. The molecule has 0 aliphatic heterocycles. The van der Waals surface area contributed by atoms with E-state index in [4.69, 9.17) is 14.2 Å². The van der Waals surface area contributed by atoms with E-state index in [1.54, 1.807) is 31.4 Å². The SMILES string of the molecule is COc1ccc(CCNC(=O)COC(=O)c2ccc(OCc3ccccc3)cc2)cc1. The van der Waals surface area contributed by atoms with Crippen LogP contribution in [0.5, 0.6) is 11.5 Å². The molecule has 0 bridgehead atoms. The molecule has 0 atom stereocenters. The number of hydrogen-bond donors (Lipinski definition) is 1. The largest absolute Gasteiger partial charge is 0.497 e. The van der Waals surface area contributed by atoms with Crippen LogP contribution in [0.4, 0.5) is 0 Å². The van der Waals surface area contributed by atoms with Gasteiger partial charge in [-0.05, 0) is 53.9 Å². The predicted molar refractivity (Wildman–Crippen MR) is 117 cm³/mol. The fourth-order valence-electron chi connectivity index (χ4n) is 2.83. The van der Waals surface area contributed by atoms with Crippen molar-refractivity contribution in [1.82, 2.24) is 5.32 Å². The highest BCUT2D eigenvalue weighted by Gasteiger charge is 2.10. The Morgan fingerprint density at radius 2 is 1.48 bits per heavy atom. The number of carbonyl (C=O) groups is 2. The van der Waals surface area contributed by atoms with E-state index in [0.29, 0.717) is 30.9 Å². The summed E-state index contributed by atoms with van der Waals surface area (Å²) in [5, 5.41) is 2.74. The van der Waals surface area contributed by atoms with E-state index in [9.17, 15) is 9.59 Å². The minimum Gasteiger partial charge on any atom is -0.497 e. The lowest BCUT2D eigenvalue weighted by molar-refractivity contribution is -0.124. The van der Waals surface area contributed by atoms with Gasteiger partial charge in [-0.1, -0.05) is 42.5 Å². The smallest absolute Gasteiger partial charge is 0.338 e. The molecule has 6 heteroatoms. The standard InChI is InChI=1S/C25H25NO5/c1-29-22-11-7-19(8-12-22)15-16-26-24(27)18-31-25(28)21-9-13-23(14-10-21)30-17-20-5-3-2-4-6-20/h2-14H,15-18H2,1H3,(H,26,27). The van der Waals surface area contributed by atoms with E-state index in [0.717, 1.165) is 16.9 Å². The van der Waals surface area contributed by atoms with Crippen LogP contribution in [0.25, 0.3) is 0 Å². The van der Waals surface area contributed by atoms with Crippen LogP contribution >= 0.6 is 0 Å². The summed E-state index contributed by atoms with van der Waals surface area (Å²) in [6.45, 7) is 0.575. The average Bonchev–Trinajstić information content (AvgIpc) is 2.82. The lowest BCUT2D eigenvalue weighted by Crippen LogP contribution is -2.30. The van der Waals surface area contributed by atoms with Crippen molar-refractivity contribution in [2.24, 2.45) is 0 Å². The molecule has 0 aliphatic carbocycles. The first-order chi connectivity index (χ1) is 15.1. The second-order valence-corrected chi connectivity index (χ2v) is 6.82. The zero-order chi connectivity index (χ0) is 21.9. The van der Waals surface area contributed by atoms with Crippen LogP contribution in [0.1, 0.15) is 21.5 Å². The molecule has 31 heavy (non-hydrogen) atoms. The quantitative estimate of drug-likeness (QED) is 0.506. The zero-order valence-corrected chi connectivity index (χ0v) is 17.4. The Bertz CT molecular complexity index is 969. The first-order valence-electron chi connectivity index (χ1n) is 9.97. The molecule has 0 saturated heterocycles. The lowest BCUT2D eigenvalue weighted by atomic mass is 10.1. The van der Waals surface area contributed by atoms with Gasteiger partial charge in [0.2, 0.25) is 0 Å². The van der Waals surface area contributed by atoms with Crippen molar-refractivity contribution in [3.8, 4) is 11.5 Å². The molecule has 0 fully saturated rings. The van der Waals surface area contributed by atoms with Crippen LogP contribution in [-0.4, -0.2) is 32.1 Å². The van der Waals surface area contributed by atoms with E-state index in [1.165, 1.54) is 0 Å². The van der Waals surface area contributed by atoms with Gasteiger partial charge in [0.15, 0.2) is 6.61 Å². The number of nitrogens with one attached hydrogen (secondary N) is 1. The van der Waals surface area contributed by atoms with Gasteiger partial charge in [0, 0.05) is 6.54 Å². The maximum Gasteiger partial charge on any atom is 0.338 e. The molecule has 3 aromatic carbocycles. The summed E-state index contributed by atoms with van der Waals surface area (Å²) >= 11 is 0. The third-order valence-electron chi connectivity index (χ3n) is 4.57. The summed E-state index contributed by atoms with van der Waals surface area (Å²) in [6, 6.07) is 24.1. The molecular formula is C25H25NO5. The number of esters is 1. The second kappa shape index (κ2) is 11.4. The van der Waals surface area contributed by atoms with Crippen molar-refractivity contribution < 1.29 is 23.8 Å². The number of rotatable bonds is 10. The summed E-state index contributed by atoms with van der Waals surface area (Å²) in [5.74, 6) is 0.539. The lowest BCUT2D eigenvalue weighted by Gasteiger charge is -2.09. The summed E-state index contributed by atoms with van der Waals surface area (Å²) in [6.07, 6.45) is 0.675. The van der Waals surface area contributed by atoms with E-state index in [1.807, 2.05) is 54.6 Å².